The van der Waals surface area contributed by atoms with Crippen molar-refractivity contribution in [1.29, 1.82) is 0 Å². The van der Waals surface area contributed by atoms with Crippen LogP contribution in [0.3, 0.4) is 0 Å². The van der Waals surface area contributed by atoms with E-state index in [-0.39, 0.29) is 13.2 Å². The molecule has 1 heterocycles. The van der Waals surface area contributed by atoms with E-state index in [1.807, 2.05) is 0 Å². The van der Waals surface area contributed by atoms with Gasteiger partial charge in [0, 0.05) is 52.4 Å². The number of aliphatic hydroxyl groups excluding tert-OH is 1. The molecule has 0 radical (unpaired) electrons. The topological polar surface area (TPSA) is 84.9 Å². The summed E-state index contributed by atoms with van der Waals surface area (Å²) in [6, 6.07) is 0. The second-order valence-electron chi connectivity index (χ2n) is 4.46. The van der Waals surface area contributed by atoms with Crippen LogP contribution >= 0.6 is 0 Å². The number of aliphatic hydroxyl groups is 1. The first-order chi connectivity index (χ1) is 9.19. The average molecular weight is 272 g/mol. The summed E-state index contributed by atoms with van der Waals surface area (Å²) in [5, 5.41) is 14.7. The summed E-state index contributed by atoms with van der Waals surface area (Å²) >= 11 is 0. The van der Waals surface area contributed by atoms with Gasteiger partial charge in [-0.05, 0) is 6.92 Å². The molecule has 1 aliphatic heterocycles. The lowest BCUT2D eigenvalue weighted by molar-refractivity contribution is -0.146. The molecule has 0 aromatic rings. The van der Waals surface area contributed by atoms with E-state index < -0.39 is 11.8 Å². The first-order valence-electron chi connectivity index (χ1n) is 6.80. The zero-order valence-corrected chi connectivity index (χ0v) is 11.5. The summed E-state index contributed by atoms with van der Waals surface area (Å²) < 4.78 is 0. The Balaban J connectivity index is 2.23. The zero-order valence-electron chi connectivity index (χ0n) is 11.5. The van der Waals surface area contributed by atoms with Crippen LogP contribution in [0.25, 0.3) is 0 Å². The average Bonchev–Trinajstić information content (AvgIpc) is 2.45. The van der Waals surface area contributed by atoms with Crippen molar-refractivity contribution in [1.82, 2.24) is 20.4 Å². The molecule has 0 bridgehead atoms. The van der Waals surface area contributed by atoms with Crippen molar-refractivity contribution in [3.63, 3.8) is 0 Å². The number of piperazine rings is 1. The van der Waals surface area contributed by atoms with Gasteiger partial charge in [-0.1, -0.05) is 0 Å². The predicted octanol–water partition coefficient (Wildman–Crippen LogP) is -2.15. The molecule has 0 saturated carbocycles. The van der Waals surface area contributed by atoms with Crippen molar-refractivity contribution < 1.29 is 14.7 Å². The fourth-order valence-electron chi connectivity index (χ4n) is 2.01. The van der Waals surface area contributed by atoms with Crippen LogP contribution in [0.4, 0.5) is 0 Å². The maximum atomic E-state index is 11.7. The Labute approximate surface area is 113 Å². The maximum Gasteiger partial charge on any atom is 0.311 e. The van der Waals surface area contributed by atoms with E-state index in [1.54, 1.807) is 6.92 Å². The van der Waals surface area contributed by atoms with Gasteiger partial charge in [0.1, 0.15) is 0 Å². The van der Waals surface area contributed by atoms with Crippen molar-refractivity contribution in [3.05, 3.63) is 0 Å². The number of hydrogen-bond donors (Lipinski definition) is 3. The molecule has 0 aromatic carbocycles. The number of nitrogens with one attached hydrogen (secondary N) is 2. The Kier molecular flexibility index (Phi) is 7.39. The van der Waals surface area contributed by atoms with E-state index in [0.29, 0.717) is 13.1 Å². The van der Waals surface area contributed by atoms with Crippen LogP contribution in [-0.2, 0) is 9.59 Å². The Morgan fingerprint density at radius 3 is 2.63 bits per heavy atom. The lowest BCUT2D eigenvalue weighted by Gasteiger charge is -2.27. The summed E-state index contributed by atoms with van der Waals surface area (Å²) in [5.41, 5.74) is 0. The van der Waals surface area contributed by atoms with E-state index in [4.69, 9.17) is 5.11 Å². The third-order valence-corrected chi connectivity index (χ3v) is 3.16. The van der Waals surface area contributed by atoms with Gasteiger partial charge in [-0.15, -0.1) is 0 Å². The lowest BCUT2D eigenvalue weighted by atomic mass is 10.3. The first-order valence-corrected chi connectivity index (χ1v) is 6.80. The van der Waals surface area contributed by atoms with Crippen molar-refractivity contribution in [3.8, 4) is 0 Å². The number of rotatable bonds is 6. The zero-order chi connectivity index (χ0) is 14.1. The summed E-state index contributed by atoms with van der Waals surface area (Å²) in [5.74, 6) is -1.16. The van der Waals surface area contributed by atoms with E-state index in [1.165, 1.54) is 4.90 Å². The van der Waals surface area contributed by atoms with Crippen LogP contribution in [0.5, 0.6) is 0 Å². The second kappa shape index (κ2) is 8.84. The van der Waals surface area contributed by atoms with Crippen LogP contribution in [0.15, 0.2) is 0 Å². The van der Waals surface area contributed by atoms with Gasteiger partial charge in [-0.3, -0.25) is 14.5 Å². The standard InChI is InChI=1S/C12H24N4O3/c1-2-16(9-10-17)12(19)11(18)14-5-8-15-6-3-13-4-7-15/h13,17H,2-10H2,1H3,(H,14,18). The van der Waals surface area contributed by atoms with Crippen LogP contribution < -0.4 is 10.6 Å². The Hall–Kier alpha value is -1.18. The van der Waals surface area contributed by atoms with E-state index in [9.17, 15) is 9.59 Å². The second-order valence-corrected chi connectivity index (χ2v) is 4.46. The molecule has 0 spiro atoms. The molecule has 3 N–H and O–H groups in total. The fraction of sp³-hybridized carbons (Fsp3) is 0.833. The minimum Gasteiger partial charge on any atom is -0.395 e. The number of carbonyl (C=O) groups excluding carboxylic acids is 2. The van der Waals surface area contributed by atoms with Gasteiger partial charge in [-0.2, -0.15) is 0 Å². The van der Waals surface area contributed by atoms with Gasteiger partial charge in [0.05, 0.1) is 6.61 Å². The number of likely N-dealkylation sites (N-methyl/N-ethyl adjacent to an activating group) is 1. The Morgan fingerprint density at radius 1 is 1.37 bits per heavy atom. The molecule has 7 nitrogen and oxygen atoms in total. The molecule has 1 aliphatic rings. The predicted molar refractivity (Wildman–Crippen MR) is 71.7 cm³/mol. The quantitative estimate of drug-likeness (QED) is 0.480. The smallest absolute Gasteiger partial charge is 0.311 e. The van der Waals surface area contributed by atoms with Gasteiger partial charge in [0.25, 0.3) is 0 Å². The molecule has 0 atom stereocenters. The van der Waals surface area contributed by atoms with Crippen molar-refractivity contribution in [2.45, 2.75) is 6.92 Å². The number of carbonyl (C=O) groups is 2. The van der Waals surface area contributed by atoms with Gasteiger partial charge >= 0.3 is 11.8 Å². The molecule has 110 valence electrons. The molecule has 2 amide bonds. The molecule has 7 heteroatoms. The largest absolute Gasteiger partial charge is 0.395 e. The molecule has 1 saturated heterocycles. The van der Waals surface area contributed by atoms with Crippen molar-refractivity contribution in [2.75, 3.05) is 59.0 Å². The first kappa shape index (κ1) is 15.9. The van der Waals surface area contributed by atoms with E-state index in [2.05, 4.69) is 15.5 Å². The van der Waals surface area contributed by atoms with Crippen molar-refractivity contribution in [2.24, 2.45) is 0 Å². The van der Waals surface area contributed by atoms with Crippen molar-refractivity contribution >= 4 is 11.8 Å². The van der Waals surface area contributed by atoms with E-state index in [0.717, 1.165) is 32.7 Å². The highest BCUT2D eigenvalue weighted by Gasteiger charge is 2.19. The number of nitrogens with zero attached hydrogens (tertiary/aromatic N) is 2. The van der Waals surface area contributed by atoms with Gasteiger partial charge in [-0.25, -0.2) is 0 Å². The van der Waals surface area contributed by atoms with Gasteiger partial charge in [0.2, 0.25) is 0 Å². The normalized spacial score (nSPS) is 16.1. The van der Waals surface area contributed by atoms with Crippen LogP contribution in [0, 0.1) is 0 Å². The highest BCUT2D eigenvalue weighted by Crippen LogP contribution is 1.92. The summed E-state index contributed by atoms with van der Waals surface area (Å²) in [6.45, 7) is 7.36. The molecule has 1 fully saturated rings. The third kappa shape index (κ3) is 5.54. The number of amides is 2. The summed E-state index contributed by atoms with van der Waals surface area (Å²) in [6.07, 6.45) is 0. The lowest BCUT2D eigenvalue weighted by Crippen LogP contribution is -2.48. The van der Waals surface area contributed by atoms with Gasteiger partial charge in [0.15, 0.2) is 0 Å². The molecule has 19 heavy (non-hydrogen) atoms. The Morgan fingerprint density at radius 2 is 2.05 bits per heavy atom. The van der Waals surface area contributed by atoms with E-state index >= 15 is 0 Å². The highest BCUT2D eigenvalue weighted by atomic mass is 16.3. The number of hydrogen-bond acceptors (Lipinski definition) is 5. The molecular weight excluding hydrogens is 248 g/mol. The Bertz CT molecular complexity index is 293. The summed E-state index contributed by atoms with van der Waals surface area (Å²) in [4.78, 5) is 26.9. The highest BCUT2D eigenvalue weighted by molar-refractivity contribution is 6.34. The molecule has 1 rings (SSSR count). The molecule has 0 aromatic heterocycles. The SMILES string of the molecule is CCN(CCO)C(=O)C(=O)NCCN1CCNCC1. The third-order valence-electron chi connectivity index (χ3n) is 3.16. The molecular formula is C12H24N4O3. The van der Waals surface area contributed by atoms with Crippen LogP contribution in [0.2, 0.25) is 0 Å². The van der Waals surface area contributed by atoms with Crippen LogP contribution in [0.1, 0.15) is 6.92 Å². The fourth-order valence-corrected chi connectivity index (χ4v) is 2.01. The maximum absolute atomic E-state index is 11.7. The summed E-state index contributed by atoms with van der Waals surface area (Å²) in [7, 11) is 0. The van der Waals surface area contributed by atoms with Gasteiger partial charge < -0.3 is 20.6 Å². The monoisotopic (exact) mass is 272 g/mol. The molecule has 0 aliphatic carbocycles. The minimum atomic E-state index is -0.592. The van der Waals surface area contributed by atoms with Crippen LogP contribution in [-0.4, -0.2) is 85.7 Å². The minimum absolute atomic E-state index is 0.131. The molecule has 0 unspecified atom stereocenters.